The Hall–Kier alpha value is -2.68. The van der Waals surface area contributed by atoms with Gasteiger partial charge in [0.05, 0.1) is 17.7 Å². The molecule has 0 radical (unpaired) electrons. The van der Waals surface area contributed by atoms with Crippen LogP contribution in [-0.2, 0) is 21.1 Å². The summed E-state index contributed by atoms with van der Waals surface area (Å²) in [6, 6.07) is 8.62. The number of amides is 1. The summed E-state index contributed by atoms with van der Waals surface area (Å²) in [5.41, 5.74) is 2.86. The minimum Gasteiger partial charge on any atom is -0.351 e. The van der Waals surface area contributed by atoms with E-state index in [0.29, 0.717) is 42.4 Å². The maximum absolute atomic E-state index is 12.5. The minimum atomic E-state index is -2.84. The monoisotopic (exact) mass is 483 g/mol. The van der Waals surface area contributed by atoms with E-state index >= 15 is 0 Å². The van der Waals surface area contributed by atoms with Crippen molar-refractivity contribution in [3.8, 4) is 0 Å². The molecule has 1 N–H and O–H groups in total. The summed E-state index contributed by atoms with van der Waals surface area (Å²) in [7, 11) is -1.04. The highest BCUT2D eigenvalue weighted by molar-refractivity contribution is 7.91. The zero-order valence-corrected chi connectivity index (χ0v) is 20.6. The van der Waals surface area contributed by atoms with Crippen LogP contribution in [0, 0.1) is 5.92 Å². The van der Waals surface area contributed by atoms with Crippen LogP contribution in [0.25, 0.3) is 0 Å². The van der Waals surface area contributed by atoms with Crippen LogP contribution in [-0.4, -0.2) is 55.4 Å². The number of nitrogens with zero attached hydrogens (tertiary/aromatic N) is 4. The molecule has 0 spiro atoms. The van der Waals surface area contributed by atoms with Gasteiger partial charge >= 0.3 is 0 Å². The van der Waals surface area contributed by atoms with E-state index in [2.05, 4.69) is 27.3 Å². The van der Waals surface area contributed by atoms with Gasteiger partial charge < -0.3 is 15.1 Å². The number of fused-ring (bicyclic) bond motifs is 1. The van der Waals surface area contributed by atoms with Crippen LogP contribution in [0.5, 0.6) is 0 Å². The maximum Gasteiger partial charge on any atom is 0.229 e. The molecule has 8 nitrogen and oxygen atoms in total. The third-order valence-corrected chi connectivity index (χ3v) is 9.19. The van der Waals surface area contributed by atoms with Gasteiger partial charge in [-0.15, -0.1) is 0 Å². The first-order chi connectivity index (χ1) is 16.4. The first kappa shape index (κ1) is 23.1. The fourth-order valence-corrected chi connectivity index (χ4v) is 7.04. The predicted molar refractivity (Wildman–Crippen MR) is 134 cm³/mol. The molecule has 1 saturated carbocycles. The number of aromatic nitrogens is 2. The predicted octanol–water partition coefficient (Wildman–Crippen LogP) is 3.70. The summed E-state index contributed by atoms with van der Waals surface area (Å²) in [6.45, 7) is 0.684. The van der Waals surface area contributed by atoms with E-state index in [1.165, 1.54) is 18.4 Å². The molecule has 1 aliphatic carbocycles. The largest absolute Gasteiger partial charge is 0.351 e. The van der Waals surface area contributed by atoms with E-state index in [1.807, 2.05) is 12.1 Å². The molecule has 1 aromatic carbocycles. The average Bonchev–Trinajstić information content (AvgIpc) is 3.31. The van der Waals surface area contributed by atoms with E-state index in [1.54, 1.807) is 18.1 Å². The second kappa shape index (κ2) is 9.52. The molecule has 2 aromatic rings. The van der Waals surface area contributed by atoms with Gasteiger partial charge in [0.2, 0.25) is 11.9 Å². The third kappa shape index (κ3) is 5.04. The smallest absolute Gasteiger partial charge is 0.229 e. The van der Waals surface area contributed by atoms with Gasteiger partial charge in [-0.1, -0.05) is 25.0 Å². The Bertz CT molecular complexity index is 1150. The highest BCUT2D eigenvalue weighted by atomic mass is 32.2. The second-order valence-electron chi connectivity index (χ2n) is 9.86. The van der Waals surface area contributed by atoms with Crippen LogP contribution in [0.3, 0.4) is 0 Å². The fraction of sp³-hybridized carbons (Fsp3) is 0.560. The molecule has 3 aliphatic rings. The van der Waals surface area contributed by atoms with E-state index < -0.39 is 9.84 Å². The van der Waals surface area contributed by atoms with Crippen molar-refractivity contribution in [1.29, 1.82) is 0 Å². The quantitative estimate of drug-likeness (QED) is 0.693. The number of benzene rings is 1. The lowest BCUT2D eigenvalue weighted by Gasteiger charge is -2.30. The normalized spacial score (nSPS) is 21.4. The topological polar surface area (TPSA) is 95.5 Å². The molecular formula is C25H33N5O3S. The molecule has 0 atom stereocenters. The molecule has 2 aliphatic heterocycles. The average molecular weight is 484 g/mol. The van der Waals surface area contributed by atoms with Crippen molar-refractivity contribution < 1.29 is 13.2 Å². The van der Waals surface area contributed by atoms with E-state index in [4.69, 9.17) is 4.98 Å². The Morgan fingerprint density at radius 3 is 2.65 bits per heavy atom. The number of hydrogen-bond acceptors (Lipinski definition) is 7. The minimum absolute atomic E-state index is 0.0919. The molecule has 5 rings (SSSR count). The van der Waals surface area contributed by atoms with Crippen molar-refractivity contribution in [3.05, 3.63) is 36.0 Å². The lowest BCUT2D eigenvalue weighted by Crippen LogP contribution is -2.34. The molecule has 0 unspecified atom stereocenters. The van der Waals surface area contributed by atoms with Crippen LogP contribution in [0.1, 0.15) is 50.5 Å². The molecule has 9 heteroatoms. The standard InChI is InChI=1S/C25H33N5O3S/c1-29-22-17-26-25(28-24(22)30(12-9-23(29)31)21-7-2-3-8-21)27-20-6-4-5-19(16-20)15-18-10-13-34(32,33)14-11-18/h4-6,16-18,21H,2-3,7-15H2,1H3,(H,26,27,28). The molecule has 0 bridgehead atoms. The number of nitrogens with one attached hydrogen (secondary N) is 1. The summed E-state index contributed by atoms with van der Waals surface area (Å²) < 4.78 is 23.5. The highest BCUT2D eigenvalue weighted by Gasteiger charge is 2.31. The van der Waals surface area contributed by atoms with Crippen molar-refractivity contribution in [3.63, 3.8) is 0 Å². The van der Waals surface area contributed by atoms with Crippen molar-refractivity contribution in [2.75, 3.05) is 40.2 Å². The maximum atomic E-state index is 12.5. The Morgan fingerprint density at radius 1 is 1.12 bits per heavy atom. The van der Waals surface area contributed by atoms with Crippen LogP contribution >= 0.6 is 0 Å². The highest BCUT2D eigenvalue weighted by Crippen LogP contribution is 2.36. The molecule has 2 fully saturated rings. The van der Waals surface area contributed by atoms with E-state index in [9.17, 15) is 13.2 Å². The van der Waals surface area contributed by atoms with E-state index in [-0.39, 0.29) is 5.91 Å². The number of carbonyl (C=O) groups excluding carboxylic acids is 1. The summed E-state index contributed by atoms with van der Waals surface area (Å²) in [5, 5.41) is 3.35. The number of rotatable bonds is 5. The molecule has 3 heterocycles. The summed E-state index contributed by atoms with van der Waals surface area (Å²) in [6.07, 6.45) is 9.28. The van der Waals surface area contributed by atoms with Crippen molar-refractivity contribution in [1.82, 2.24) is 9.97 Å². The Morgan fingerprint density at radius 2 is 1.88 bits per heavy atom. The number of anilines is 4. The SMILES string of the molecule is CN1C(=O)CCN(C2CCCC2)c2nc(Nc3cccc(CC4CCS(=O)(=O)CC4)c3)ncc21. The van der Waals surface area contributed by atoms with Gasteiger partial charge in [-0.3, -0.25) is 4.79 Å². The molecular weight excluding hydrogens is 450 g/mol. The number of sulfone groups is 1. The van der Waals surface area contributed by atoms with Crippen LogP contribution < -0.4 is 15.1 Å². The van der Waals surface area contributed by atoms with Gasteiger partial charge in [0.15, 0.2) is 5.82 Å². The summed E-state index contributed by atoms with van der Waals surface area (Å²) in [5.74, 6) is 2.44. The molecule has 182 valence electrons. The van der Waals surface area contributed by atoms with Gasteiger partial charge in [-0.25, -0.2) is 13.4 Å². The van der Waals surface area contributed by atoms with Gasteiger partial charge in [0.25, 0.3) is 0 Å². The van der Waals surface area contributed by atoms with E-state index in [0.717, 1.165) is 49.3 Å². The van der Waals surface area contributed by atoms with Gasteiger partial charge in [-0.2, -0.15) is 4.98 Å². The second-order valence-corrected chi connectivity index (χ2v) is 12.2. The Balaban J connectivity index is 1.35. The fourth-order valence-electron chi connectivity index (χ4n) is 5.45. The van der Waals surface area contributed by atoms with Gasteiger partial charge in [-0.05, 0) is 55.7 Å². The van der Waals surface area contributed by atoms with Crippen LogP contribution in [0.15, 0.2) is 30.5 Å². The lowest BCUT2D eigenvalue weighted by atomic mass is 9.94. The van der Waals surface area contributed by atoms with Crippen molar-refractivity contribution in [2.45, 2.75) is 57.4 Å². The summed E-state index contributed by atoms with van der Waals surface area (Å²) in [4.78, 5) is 25.9. The zero-order chi connectivity index (χ0) is 23.7. The lowest BCUT2D eigenvalue weighted by molar-refractivity contribution is -0.118. The third-order valence-electron chi connectivity index (χ3n) is 7.47. The molecule has 1 saturated heterocycles. The van der Waals surface area contributed by atoms with Crippen molar-refractivity contribution >= 4 is 38.9 Å². The summed E-state index contributed by atoms with van der Waals surface area (Å²) >= 11 is 0. The molecule has 1 aromatic heterocycles. The van der Waals surface area contributed by atoms with Crippen LogP contribution in [0.2, 0.25) is 0 Å². The van der Waals surface area contributed by atoms with Gasteiger partial charge in [0.1, 0.15) is 15.5 Å². The van der Waals surface area contributed by atoms with Gasteiger partial charge in [0, 0.05) is 31.7 Å². The molecule has 34 heavy (non-hydrogen) atoms. The Labute approximate surface area is 201 Å². The van der Waals surface area contributed by atoms with Crippen LogP contribution in [0.4, 0.5) is 23.1 Å². The van der Waals surface area contributed by atoms with Crippen molar-refractivity contribution in [2.24, 2.45) is 5.92 Å². The Kier molecular flexibility index (Phi) is 6.46. The number of hydrogen-bond donors (Lipinski definition) is 1. The molecule has 1 amide bonds. The zero-order valence-electron chi connectivity index (χ0n) is 19.7. The number of carbonyl (C=O) groups is 1. The first-order valence-electron chi connectivity index (χ1n) is 12.3. The first-order valence-corrected chi connectivity index (χ1v) is 14.2.